The molecular formula is C22H29N4O4+. The highest BCUT2D eigenvalue weighted by Crippen LogP contribution is 2.27. The molecule has 3 rings (SSSR count). The average molecular weight is 413 g/mol. The van der Waals surface area contributed by atoms with Crippen LogP contribution in [-0.4, -0.2) is 58.8 Å². The van der Waals surface area contributed by atoms with Gasteiger partial charge in [-0.15, -0.1) is 0 Å². The lowest BCUT2D eigenvalue weighted by Gasteiger charge is -2.33. The van der Waals surface area contributed by atoms with Gasteiger partial charge in [-0.3, -0.25) is 9.59 Å². The molecule has 8 nitrogen and oxygen atoms in total. The molecule has 1 fully saturated rings. The topological polar surface area (TPSA) is 84.3 Å². The Balaban J connectivity index is 1.54. The summed E-state index contributed by atoms with van der Waals surface area (Å²) in [4.78, 5) is 27.4. The van der Waals surface area contributed by atoms with Crippen molar-refractivity contribution < 1.29 is 24.0 Å². The standard InChI is InChI=1S/C22H28N4O4/c1-16(27)23-17-4-9-21(30-3)20(14-17)24-22(28)15-25-10-12-26(13-11-25)18-5-7-19(29-2)8-6-18/h4-9,14H,10-13,15H2,1-3H3,(H,23,27)(H,24,28)/p+1. The van der Waals surface area contributed by atoms with Gasteiger partial charge in [-0.2, -0.15) is 0 Å². The number of nitrogens with one attached hydrogen (secondary N) is 3. The van der Waals surface area contributed by atoms with Crippen molar-refractivity contribution in [3.63, 3.8) is 0 Å². The Morgan fingerprint density at radius 2 is 1.70 bits per heavy atom. The van der Waals surface area contributed by atoms with Gasteiger partial charge < -0.3 is 29.9 Å². The van der Waals surface area contributed by atoms with Gasteiger partial charge in [0.2, 0.25) is 5.91 Å². The lowest BCUT2D eigenvalue weighted by molar-refractivity contribution is -0.892. The fourth-order valence-electron chi connectivity index (χ4n) is 3.56. The minimum absolute atomic E-state index is 0.0822. The van der Waals surface area contributed by atoms with Crippen LogP contribution in [-0.2, 0) is 9.59 Å². The second-order valence-corrected chi connectivity index (χ2v) is 7.26. The monoisotopic (exact) mass is 413 g/mol. The van der Waals surface area contributed by atoms with Gasteiger partial charge >= 0.3 is 0 Å². The van der Waals surface area contributed by atoms with Crippen molar-refractivity contribution in [2.24, 2.45) is 0 Å². The Hall–Kier alpha value is -3.26. The summed E-state index contributed by atoms with van der Waals surface area (Å²) in [5.74, 6) is 1.15. The molecule has 0 spiro atoms. The zero-order valence-corrected chi connectivity index (χ0v) is 17.7. The highest BCUT2D eigenvalue weighted by Gasteiger charge is 2.23. The van der Waals surface area contributed by atoms with E-state index in [9.17, 15) is 9.59 Å². The third-order valence-electron chi connectivity index (χ3n) is 5.11. The van der Waals surface area contributed by atoms with Crippen LogP contribution in [0.2, 0.25) is 0 Å². The average Bonchev–Trinajstić information content (AvgIpc) is 2.74. The van der Waals surface area contributed by atoms with Gasteiger partial charge in [0.05, 0.1) is 46.1 Å². The SMILES string of the molecule is COc1ccc(N2CC[NH+](CC(=O)Nc3cc(NC(C)=O)ccc3OC)CC2)cc1. The van der Waals surface area contributed by atoms with Crippen molar-refractivity contribution in [1.29, 1.82) is 0 Å². The van der Waals surface area contributed by atoms with Crippen LogP contribution in [0.25, 0.3) is 0 Å². The molecule has 0 radical (unpaired) electrons. The molecule has 3 N–H and O–H groups in total. The summed E-state index contributed by atoms with van der Waals surface area (Å²) in [6.45, 7) is 5.35. The van der Waals surface area contributed by atoms with Gasteiger partial charge in [0.25, 0.3) is 5.91 Å². The normalized spacial score (nSPS) is 14.2. The molecule has 0 aromatic heterocycles. The van der Waals surface area contributed by atoms with Gasteiger partial charge in [-0.05, 0) is 42.5 Å². The fourth-order valence-corrected chi connectivity index (χ4v) is 3.56. The number of carbonyl (C=O) groups excluding carboxylic acids is 2. The molecule has 160 valence electrons. The quantitative estimate of drug-likeness (QED) is 0.631. The maximum atomic E-state index is 12.6. The Morgan fingerprint density at radius 1 is 1.00 bits per heavy atom. The van der Waals surface area contributed by atoms with Crippen molar-refractivity contribution in [2.75, 3.05) is 62.5 Å². The van der Waals surface area contributed by atoms with E-state index in [1.807, 2.05) is 12.1 Å². The zero-order chi connectivity index (χ0) is 21.5. The van der Waals surface area contributed by atoms with E-state index in [4.69, 9.17) is 9.47 Å². The smallest absolute Gasteiger partial charge is 0.279 e. The second kappa shape index (κ2) is 9.98. The van der Waals surface area contributed by atoms with Crippen molar-refractivity contribution in [3.05, 3.63) is 42.5 Å². The number of nitrogens with zero attached hydrogens (tertiary/aromatic N) is 1. The minimum Gasteiger partial charge on any atom is -0.497 e. The highest BCUT2D eigenvalue weighted by atomic mass is 16.5. The van der Waals surface area contributed by atoms with E-state index in [-0.39, 0.29) is 11.8 Å². The summed E-state index contributed by atoms with van der Waals surface area (Å²) >= 11 is 0. The maximum absolute atomic E-state index is 12.6. The van der Waals surface area contributed by atoms with Gasteiger partial charge in [-0.25, -0.2) is 0 Å². The van der Waals surface area contributed by atoms with E-state index in [0.29, 0.717) is 23.7 Å². The number of quaternary nitrogens is 1. The molecule has 0 bridgehead atoms. The van der Waals surface area contributed by atoms with E-state index in [0.717, 1.165) is 31.9 Å². The summed E-state index contributed by atoms with van der Waals surface area (Å²) < 4.78 is 10.5. The number of carbonyl (C=O) groups is 2. The molecule has 0 unspecified atom stereocenters. The summed E-state index contributed by atoms with van der Waals surface area (Å²) in [6, 6.07) is 13.2. The van der Waals surface area contributed by atoms with Crippen molar-refractivity contribution in [1.82, 2.24) is 0 Å². The third-order valence-corrected chi connectivity index (χ3v) is 5.11. The highest BCUT2D eigenvalue weighted by molar-refractivity contribution is 5.95. The number of ether oxygens (including phenoxy) is 2. The predicted molar refractivity (Wildman–Crippen MR) is 117 cm³/mol. The van der Waals surface area contributed by atoms with Crippen molar-refractivity contribution >= 4 is 28.9 Å². The first-order chi connectivity index (χ1) is 14.5. The number of amides is 2. The van der Waals surface area contributed by atoms with Crippen LogP contribution >= 0.6 is 0 Å². The third kappa shape index (κ3) is 5.64. The minimum atomic E-state index is -0.170. The molecule has 2 aromatic carbocycles. The first-order valence-electron chi connectivity index (χ1n) is 9.96. The van der Waals surface area contributed by atoms with Gasteiger partial charge in [0.15, 0.2) is 6.54 Å². The van der Waals surface area contributed by atoms with Crippen LogP contribution in [0.1, 0.15) is 6.92 Å². The summed E-state index contributed by atoms with van der Waals surface area (Å²) in [7, 11) is 3.21. The van der Waals surface area contributed by atoms with E-state index >= 15 is 0 Å². The predicted octanol–water partition coefficient (Wildman–Crippen LogP) is 1.01. The molecule has 0 aliphatic carbocycles. The van der Waals surface area contributed by atoms with Crippen LogP contribution in [0.3, 0.4) is 0 Å². The summed E-state index contributed by atoms with van der Waals surface area (Å²) in [5, 5.41) is 5.63. The molecule has 1 aliphatic heterocycles. The Kier molecular flexibility index (Phi) is 7.13. The van der Waals surface area contributed by atoms with Crippen LogP contribution in [0.15, 0.2) is 42.5 Å². The van der Waals surface area contributed by atoms with Crippen LogP contribution in [0.4, 0.5) is 17.1 Å². The number of anilines is 3. The number of rotatable bonds is 7. The number of piperazine rings is 1. The zero-order valence-electron chi connectivity index (χ0n) is 17.7. The molecule has 0 atom stereocenters. The van der Waals surface area contributed by atoms with Crippen molar-refractivity contribution in [3.8, 4) is 11.5 Å². The molecule has 0 saturated carbocycles. The van der Waals surface area contributed by atoms with E-state index in [2.05, 4.69) is 27.7 Å². The molecule has 8 heteroatoms. The van der Waals surface area contributed by atoms with Gasteiger partial charge in [-0.1, -0.05) is 0 Å². The second-order valence-electron chi connectivity index (χ2n) is 7.26. The van der Waals surface area contributed by atoms with Gasteiger partial charge in [0, 0.05) is 18.3 Å². The Morgan fingerprint density at radius 3 is 2.30 bits per heavy atom. The number of methoxy groups -OCH3 is 2. The van der Waals surface area contributed by atoms with E-state index in [1.54, 1.807) is 32.4 Å². The van der Waals surface area contributed by atoms with E-state index < -0.39 is 0 Å². The number of benzene rings is 2. The summed E-state index contributed by atoms with van der Waals surface area (Å²) in [5.41, 5.74) is 2.32. The molecule has 1 saturated heterocycles. The number of hydrogen-bond donors (Lipinski definition) is 3. The lowest BCUT2D eigenvalue weighted by atomic mass is 10.2. The number of hydrogen-bond acceptors (Lipinski definition) is 5. The van der Waals surface area contributed by atoms with Crippen LogP contribution in [0, 0.1) is 0 Å². The molecule has 2 amide bonds. The molecule has 2 aromatic rings. The molecule has 1 heterocycles. The first-order valence-corrected chi connectivity index (χ1v) is 9.96. The Bertz CT molecular complexity index is 877. The fraction of sp³-hybridized carbons (Fsp3) is 0.364. The van der Waals surface area contributed by atoms with Crippen LogP contribution < -0.4 is 29.9 Å². The first kappa shape index (κ1) is 21.4. The van der Waals surface area contributed by atoms with Crippen LogP contribution in [0.5, 0.6) is 11.5 Å². The molecule has 1 aliphatic rings. The van der Waals surface area contributed by atoms with E-state index in [1.165, 1.54) is 17.5 Å². The molecular weight excluding hydrogens is 384 g/mol. The largest absolute Gasteiger partial charge is 0.497 e. The maximum Gasteiger partial charge on any atom is 0.279 e. The van der Waals surface area contributed by atoms with Crippen molar-refractivity contribution in [2.45, 2.75) is 6.92 Å². The van der Waals surface area contributed by atoms with Gasteiger partial charge in [0.1, 0.15) is 11.5 Å². The summed E-state index contributed by atoms with van der Waals surface area (Å²) in [6.07, 6.45) is 0. The Labute approximate surface area is 176 Å². The molecule has 30 heavy (non-hydrogen) atoms. The lowest BCUT2D eigenvalue weighted by Crippen LogP contribution is -3.15.